The highest BCUT2D eigenvalue weighted by Crippen LogP contribution is 2.27. The van der Waals surface area contributed by atoms with Gasteiger partial charge in [-0.3, -0.25) is 19.9 Å². The topological polar surface area (TPSA) is 134 Å². The molecule has 1 aliphatic rings. The third-order valence-corrected chi connectivity index (χ3v) is 5.24. The summed E-state index contributed by atoms with van der Waals surface area (Å²) in [5.41, 5.74) is 1.77. The number of urea groups is 1. The Morgan fingerprint density at radius 2 is 1.97 bits per heavy atom. The predicted octanol–water partition coefficient (Wildman–Crippen LogP) is 2.04. The van der Waals surface area contributed by atoms with Crippen LogP contribution in [-0.2, 0) is 21.7 Å². The molecular weight excluding hydrogens is 428 g/mol. The van der Waals surface area contributed by atoms with E-state index in [0.717, 1.165) is 11.4 Å². The second-order valence-corrected chi connectivity index (χ2v) is 7.79. The summed E-state index contributed by atoms with van der Waals surface area (Å²) in [4.78, 5) is 39.9. The maximum Gasteiger partial charge on any atom is 0.344 e. The first kappa shape index (κ1) is 22.2. The number of hydrogen-bond acceptors (Lipinski definition) is 8. The fourth-order valence-corrected chi connectivity index (χ4v) is 3.61. The number of furan rings is 1. The number of hydrogen-bond donors (Lipinski definition) is 2. The number of aromatic nitrogens is 2. The van der Waals surface area contributed by atoms with Crippen LogP contribution in [0.15, 0.2) is 57.6 Å². The summed E-state index contributed by atoms with van der Waals surface area (Å²) in [6, 6.07) is 11.6. The van der Waals surface area contributed by atoms with Gasteiger partial charge < -0.3 is 14.2 Å². The Bertz CT molecular complexity index is 1130. The molecule has 0 spiro atoms. The zero-order chi connectivity index (χ0) is 23.4. The number of amides is 4. The predicted molar refractivity (Wildman–Crippen MR) is 115 cm³/mol. The third kappa shape index (κ3) is 4.62. The lowest BCUT2D eigenvalue weighted by Gasteiger charge is -2.23. The van der Waals surface area contributed by atoms with Crippen molar-refractivity contribution in [3.63, 3.8) is 0 Å². The largest absolute Gasteiger partial charge is 0.459 e. The van der Waals surface area contributed by atoms with Gasteiger partial charge in [0.1, 0.15) is 5.54 Å². The molecule has 0 bridgehead atoms. The molecule has 11 nitrogen and oxygen atoms in total. The Kier molecular flexibility index (Phi) is 6.22. The van der Waals surface area contributed by atoms with Crippen LogP contribution in [-0.4, -0.2) is 51.0 Å². The van der Waals surface area contributed by atoms with Crippen molar-refractivity contribution in [3.05, 3.63) is 60.2 Å². The van der Waals surface area contributed by atoms with Gasteiger partial charge in [-0.2, -0.15) is 5.01 Å². The van der Waals surface area contributed by atoms with Crippen LogP contribution in [0.1, 0.15) is 31.7 Å². The van der Waals surface area contributed by atoms with Gasteiger partial charge in [0.2, 0.25) is 5.89 Å². The van der Waals surface area contributed by atoms with Crippen molar-refractivity contribution in [2.45, 2.75) is 32.4 Å². The smallest absolute Gasteiger partial charge is 0.344 e. The highest BCUT2D eigenvalue weighted by Gasteiger charge is 2.50. The van der Waals surface area contributed by atoms with Gasteiger partial charge in [0, 0.05) is 0 Å². The maximum atomic E-state index is 13.0. The molecular formula is C22H24N6O5. The normalized spacial score (nSPS) is 18.1. The second kappa shape index (κ2) is 9.25. The molecule has 2 N–H and O–H groups in total. The molecule has 3 heterocycles. The van der Waals surface area contributed by atoms with Crippen LogP contribution in [0.4, 0.5) is 4.79 Å². The van der Waals surface area contributed by atoms with E-state index in [9.17, 15) is 14.4 Å². The quantitative estimate of drug-likeness (QED) is 0.471. The number of rotatable bonds is 9. The number of carbonyl (C=O) groups is 3. The van der Waals surface area contributed by atoms with Gasteiger partial charge in [-0.15, -0.1) is 10.2 Å². The van der Waals surface area contributed by atoms with Crippen LogP contribution >= 0.6 is 0 Å². The average molecular weight is 452 g/mol. The first-order chi connectivity index (χ1) is 15.9. The number of imide groups is 1. The molecule has 1 aliphatic heterocycles. The van der Waals surface area contributed by atoms with E-state index >= 15 is 0 Å². The van der Waals surface area contributed by atoms with Crippen LogP contribution in [0.5, 0.6) is 0 Å². The van der Waals surface area contributed by atoms with Crippen molar-refractivity contribution in [2.24, 2.45) is 0 Å². The molecule has 1 atom stereocenters. The fraction of sp³-hybridized carbons (Fsp3) is 0.318. The molecule has 0 saturated carbocycles. The van der Waals surface area contributed by atoms with Crippen LogP contribution in [0.25, 0.3) is 11.7 Å². The first-order valence-corrected chi connectivity index (χ1v) is 10.5. The lowest BCUT2D eigenvalue weighted by molar-refractivity contribution is -0.139. The summed E-state index contributed by atoms with van der Waals surface area (Å²) >= 11 is 0. The Balaban J connectivity index is 1.40. The molecule has 33 heavy (non-hydrogen) atoms. The van der Waals surface area contributed by atoms with Crippen LogP contribution in [0.3, 0.4) is 0 Å². The van der Waals surface area contributed by atoms with Crippen molar-refractivity contribution in [3.8, 4) is 11.7 Å². The Labute approximate surface area is 189 Å². The molecule has 1 saturated heterocycles. The van der Waals surface area contributed by atoms with Gasteiger partial charge in [0.25, 0.3) is 17.7 Å². The summed E-state index contributed by atoms with van der Waals surface area (Å²) in [6.45, 7) is 4.27. The van der Waals surface area contributed by atoms with Crippen LogP contribution in [0, 0.1) is 0 Å². The minimum absolute atomic E-state index is 0.0780. The van der Waals surface area contributed by atoms with Gasteiger partial charge >= 0.3 is 6.03 Å². The molecule has 2 aromatic heterocycles. The summed E-state index contributed by atoms with van der Waals surface area (Å²) in [6.07, 6.45) is 2.27. The number of nitrogens with zero attached hydrogens (tertiary/aromatic N) is 4. The van der Waals surface area contributed by atoms with E-state index in [-0.39, 0.29) is 19.0 Å². The molecule has 172 valence electrons. The van der Waals surface area contributed by atoms with Gasteiger partial charge in [0.15, 0.2) is 5.76 Å². The summed E-state index contributed by atoms with van der Waals surface area (Å²) in [5.74, 6) is -0.0672. The monoisotopic (exact) mass is 452 g/mol. The molecule has 4 rings (SSSR count). The Morgan fingerprint density at radius 3 is 2.67 bits per heavy atom. The average Bonchev–Trinajstić information content (AvgIpc) is 3.53. The molecule has 0 aliphatic carbocycles. The number of nitrogens with one attached hydrogen (secondary N) is 2. The van der Waals surface area contributed by atoms with Crippen molar-refractivity contribution in [1.29, 1.82) is 0 Å². The number of hydrazine groups is 1. The lowest BCUT2D eigenvalue weighted by Crippen LogP contribution is -2.50. The van der Waals surface area contributed by atoms with Gasteiger partial charge in [-0.1, -0.05) is 37.3 Å². The van der Waals surface area contributed by atoms with E-state index in [0.29, 0.717) is 23.8 Å². The Hall–Kier alpha value is -3.99. The fourth-order valence-electron chi connectivity index (χ4n) is 3.61. The molecule has 11 heteroatoms. The minimum atomic E-state index is -1.26. The maximum absolute atomic E-state index is 13.0. The lowest BCUT2D eigenvalue weighted by atomic mass is 9.92. The van der Waals surface area contributed by atoms with Gasteiger partial charge in [-0.25, -0.2) is 4.79 Å². The van der Waals surface area contributed by atoms with E-state index in [1.165, 1.54) is 6.26 Å². The van der Waals surface area contributed by atoms with Crippen molar-refractivity contribution in [1.82, 2.24) is 30.8 Å². The van der Waals surface area contributed by atoms with Crippen LogP contribution in [0.2, 0.25) is 0 Å². The molecule has 1 fully saturated rings. The van der Waals surface area contributed by atoms with Crippen molar-refractivity contribution < 1.29 is 23.2 Å². The van der Waals surface area contributed by atoms with E-state index in [1.807, 2.05) is 13.0 Å². The zero-order valence-corrected chi connectivity index (χ0v) is 18.3. The number of carbonyl (C=O) groups excluding carboxylic acids is 3. The Morgan fingerprint density at radius 1 is 1.18 bits per heavy atom. The van der Waals surface area contributed by atoms with E-state index < -0.39 is 23.4 Å². The molecule has 0 radical (unpaired) electrons. The third-order valence-electron chi connectivity index (χ3n) is 5.24. The number of benzene rings is 1. The van der Waals surface area contributed by atoms with Crippen molar-refractivity contribution in [2.75, 3.05) is 13.1 Å². The van der Waals surface area contributed by atoms with Gasteiger partial charge in [-0.05, 0) is 37.6 Å². The van der Waals surface area contributed by atoms with Gasteiger partial charge in [0.05, 0.1) is 19.4 Å². The minimum Gasteiger partial charge on any atom is -0.459 e. The molecule has 0 unspecified atom stereocenters. The van der Waals surface area contributed by atoms with E-state index in [2.05, 4.69) is 20.9 Å². The molecule has 1 aromatic carbocycles. The molecule has 4 amide bonds. The van der Waals surface area contributed by atoms with Crippen molar-refractivity contribution >= 4 is 17.8 Å². The highest BCUT2D eigenvalue weighted by atomic mass is 16.4. The summed E-state index contributed by atoms with van der Waals surface area (Å²) in [5, 5.41) is 11.3. The van der Waals surface area contributed by atoms with E-state index in [4.69, 9.17) is 8.83 Å². The van der Waals surface area contributed by atoms with E-state index in [1.54, 1.807) is 48.2 Å². The first-order valence-electron chi connectivity index (χ1n) is 10.5. The van der Waals surface area contributed by atoms with Crippen LogP contribution < -0.4 is 10.7 Å². The second-order valence-electron chi connectivity index (χ2n) is 7.79. The summed E-state index contributed by atoms with van der Waals surface area (Å²) in [7, 11) is 0. The zero-order valence-electron chi connectivity index (χ0n) is 18.3. The standard InChI is InChI=1S/C22H24N6O5/c1-3-11-27(14-18-24-25-19(33-18)16-10-7-12-32-16)13-17(29)26-28-20(30)22(2,23-21(28)31)15-8-5-4-6-9-15/h4-10,12H,3,11,13-14H2,1-2H3,(H,23,31)(H,26,29)/t22-/m0/s1. The highest BCUT2D eigenvalue weighted by molar-refractivity contribution is 6.08. The summed E-state index contributed by atoms with van der Waals surface area (Å²) < 4.78 is 10.9. The molecule has 3 aromatic rings. The SMILES string of the molecule is CCCN(CC(=O)NN1C(=O)N[C@@](C)(c2ccccc2)C1=O)Cc1nnc(-c2ccco2)o1.